The maximum atomic E-state index is 5.75. The monoisotopic (exact) mass is 345 g/mol. The molecule has 0 fully saturated rings. The van der Waals surface area contributed by atoms with Gasteiger partial charge in [0.1, 0.15) is 6.04 Å². The first kappa shape index (κ1) is 16.1. The Morgan fingerprint density at radius 1 is 1.28 bits per heavy atom. The van der Waals surface area contributed by atoms with Gasteiger partial charge in [-0.15, -0.1) is 5.10 Å². The molecule has 0 saturated carbocycles. The molecule has 1 aromatic heterocycles. The van der Waals surface area contributed by atoms with Crippen LogP contribution in [0.15, 0.2) is 6.07 Å². The molecule has 8 heteroatoms. The average Bonchev–Trinajstić information content (AvgIpc) is 3.21. The van der Waals surface area contributed by atoms with Gasteiger partial charge in [-0.3, -0.25) is 4.90 Å². The second-order valence-electron chi connectivity index (χ2n) is 7.47. The lowest BCUT2D eigenvalue weighted by atomic mass is 9.90. The topological polar surface area (TPSA) is 74.5 Å². The molecule has 0 bridgehead atoms. The fourth-order valence-electron chi connectivity index (χ4n) is 3.60. The van der Waals surface area contributed by atoms with Gasteiger partial charge < -0.3 is 14.2 Å². The van der Waals surface area contributed by atoms with Crippen LogP contribution in [0, 0.1) is 0 Å². The first-order valence-corrected chi connectivity index (χ1v) is 8.40. The highest BCUT2D eigenvalue weighted by Crippen LogP contribution is 2.50. The number of benzene rings is 1. The fourth-order valence-corrected chi connectivity index (χ4v) is 3.60. The van der Waals surface area contributed by atoms with Gasteiger partial charge >= 0.3 is 0 Å². The maximum absolute atomic E-state index is 5.75. The number of tetrazole rings is 1. The molecule has 134 valence electrons. The van der Waals surface area contributed by atoms with Crippen molar-refractivity contribution in [3.8, 4) is 17.2 Å². The predicted molar refractivity (Wildman–Crippen MR) is 90.1 cm³/mol. The van der Waals surface area contributed by atoms with Crippen molar-refractivity contribution in [3.63, 3.8) is 0 Å². The van der Waals surface area contributed by atoms with Crippen molar-refractivity contribution in [1.29, 1.82) is 0 Å². The quantitative estimate of drug-likeness (QED) is 0.821. The fraction of sp³-hybridized carbons (Fsp3) is 0.588. The molecule has 0 radical (unpaired) electrons. The lowest BCUT2D eigenvalue weighted by Gasteiger charge is -2.36. The van der Waals surface area contributed by atoms with E-state index < -0.39 is 0 Å². The highest BCUT2D eigenvalue weighted by Gasteiger charge is 2.38. The van der Waals surface area contributed by atoms with Crippen LogP contribution in [0.4, 0.5) is 0 Å². The second kappa shape index (κ2) is 5.59. The van der Waals surface area contributed by atoms with E-state index in [-0.39, 0.29) is 18.4 Å². The van der Waals surface area contributed by atoms with Crippen LogP contribution in [-0.2, 0) is 12.0 Å². The molecule has 0 amide bonds. The van der Waals surface area contributed by atoms with Gasteiger partial charge in [-0.05, 0) is 56.3 Å². The molecule has 0 spiro atoms. The van der Waals surface area contributed by atoms with Crippen LogP contribution < -0.4 is 14.2 Å². The number of fused-ring (bicyclic) bond motifs is 2. The van der Waals surface area contributed by atoms with E-state index >= 15 is 0 Å². The van der Waals surface area contributed by atoms with E-state index in [0.717, 1.165) is 30.1 Å². The van der Waals surface area contributed by atoms with Gasteiger partial charge in [0.05, 0.1) is 12.6 Å². The Morgan fingerprint density at radius 2 is 2.08 bits per heavy atom. The minimum atomic E-state index is -0.221. The lowest BCUT2D eigenvalue weighted by Crippen LogP contribution is -2.37. The molecule has 2 aromatic rings. The molecule has 2 aliphatic rings. The van der Waals surface area contributed by atoms with Crippen molar-refractivity contribution in [2.45, 2.75) is 38.8 Å². The second-order valence-corrected chi connectivity index (χ2v) is 7.47. The van der Waals surface area contributed by atoms with E-state index in [4.69, 9.17) is 14.2 Å². The molecule has 0 saturated heterocycles. The first-order chi connectivity index (χ1) is 11.9. The van der Waals surface area contributed by atoms with E-state index in [1.165, 1.54) is 5.56 Å². The Morgan fingerprint density at radius 3 is 2.80 bits per heavy atom. The minimum absolute atomic E-state index is 0.109. The third kappa shape index (κ3) is 2.43. The van der Waals surface area contributed by atoms with Gasteiger partial charge in [0.2, 0.25) is 12.5 Å². The van der Waals surface area contributed by atoms with E-state index in [9.17, 15) is 0 Å². The predicted octanol–water partition coefficient (Wildman–Crippen LogP) is 1.74. The van der Waals surface area contributed by atoms with Gasteiger partial charge in [0, 0.05) is 12.1 Å². The summed E-state index contributed by atoms with van der Waals surface area (Å²) >= 11 is 0. The molecule has 8 nitrogen and oxygen atoms in total. The van der Waals surface area contributed by atoms with E-state index in [2.05, 4.69) is 54.3 Å². The van der Waals surface area contributed by atoms with Gasteiger partial charge in [0.15, 0.2) is 17.3 Å². The van der Waals surface area contributed by atoms with Crippen molar-refractivity contribution < 1.29 is 14.2 Å². The summed E-state index contributed by atoms with van der Waals surface area (Å²) in [6.07, 6.45) is 0.909. The number of hydrogen-bond acceptors (Lipinski definition) is 7. The number of ether oxygens (including phenoxy) is 3. The molecule has 0 aliphatic carbocycles. The van der Waals surface area contributed by atoms with E-state index in [0.29, 0.717) is 11.5 Å². The van der Waals surface area contributed by atoms with E-state index in [1.807, 2.05) is 4.68 Å². The van der Waals surface area contributed by atoms with Crippen LogP contribution in [0.25, 0.3) is 0 Å². The van der Waals surface area contributed by atoms with E-state index in [1.54, 1.807) is 7.11 Å². The van der Waals surface area contributed by atoms with Crippen molar-refractivity contribution in [2.24, 2.45) is 0 Å². The average molecular weight is 345 g/mol. The summed E-state index contributed by atoms with van der Waals surface area (Å²) in [6.45, 7) is 7.39. The van der Waals surface area contributed by atoms with Gasteiger partial charge in [0.25, 0.3) is 0 Å². The summed E-state index contributed by atoms with van der Waals surface area (Å²) in [4.78, 5) is 2.25. The number of aromatic nitrogens is 4. The smallest absolute Gasteiger partial charge is 0.231 e. The standard InChI is InChI=1S/C17H23N5O3/c1-17(2,3)22-16(18-19-20-22)13-12-10(6-7-21(13)4)8-11-14(15(12)23-5)25-9-24-11/h8,13H,6-7,9H2,1-5H3. The summed E-state index contributed by atoms with van der Waals surface area (Å²) < 4.78 is 18.9. The van der Waals surface area contributed by atoms with Gasteiger partial charge in [-0.2, -0.15) is 0 Å². The highest BCUT2D eigenvalue weighted by molar-refractivity contribution is 5.62. The molecule has 25 heavy (non-hydrogen) atoms. The van der Waals surface area contributed by atoms with Gasteiger partial charge in [-0.1, -0.05) is 0 Å². The molecule has 1 atom stereocenters. The summed E-state index contributed by atoms with van der Waals surface area (Å²) in [5.74, 6) is 2.92. The largest absolute Gasteiger partial charge is 0.492 e. The molecular formula is C17H23N5O3. The van der Waals surface area contributed by atoms with Gasteiger partial charge in [-0.25, -0.2) is 4.68 Å². The number of nitrogens with zero attached hydrogens (tertiary/aromatic N) is 5. The van der Waals surface area contributed by atoms with Crippen LogP contribution >= 0.6 is 0 Å². The Labute approximate surface area is 146 Å². The third-order valence-corrected chi connectivity index (χ3v) is 4.77. The zero-order chi connectivity index (χ0) is 17.8. The third-order valence-electron chi connectivity index (χ3n) is 4.77. The Balaban J connectivity index is 1.94. The summed E-state index contributed by atoms with van der Waals surface area (Å²) in [5.41, 5.74) is 2.02. The summed E-state index contributed by atoms with van der Waals surface area (Å²) in [6, 6.07) is 1.95. The van der Waals surface area contributed by atoms with Crippen molar-refractivity contribution >= 4 is 0 Å². The molecule has 1 aromatic carbocycles. The SMILES string of the molecule is COc1c2c(cc3c1C(c1nnnn1C(C)(C)C)N(C)CC3)OCO2. The van der Waals surface area contributed by atoms with Crippen LogP contribution in [-0.4, -0.2) is 52.6 Å². The van der Waals surface area contributed by atoms with Crippen LogP contribution in [0.1, 0.15) is 43.8 Å². The zero-order valence-corrected chi connectivity index (χ0v) is 15.2. The lowest BCUT2D eigenvalue weighted by molar-refractivity contribution is 0.170. The number of rotatable bonds is 2. The Kier molecular flexibility index (Phi) is 3.61. The highest BCUT2D eigenvalue weighted by atomic mass is 16.7. The first-order valence-electron chi connectivity index (χ1n) is 8.40. The Hall–Kier alpha value is -2.35. The summed E-state index contributed by atoms with van der Waals surface area (Å²) in [5, 5.41) is 12.5. The molecule has 2 aliphatic heterocycles. The minimum Gasteiger partial charge on any atom is -0.492 e. The number of methoxy groups -OCH3 is 1. The molecule has 3 heterocycles. The number of hydrogen-bond donors (Lipinski definition) is 0. The van der Waals surface area contributed by atoms with Crippen LogP contribution in [0.5, 0.6) is 17.2 Å². The number of likely N-dealkylation sites (N-methyl/N-ethyl adjacent to an activating group) is 1. The van der Waals surface area contributed by atoms with Crippen LogP contribution in [0.2, 0.25) is 0 Å². The van der Waals surface area contributed by atoms with Crippen LogP contribution in [0.3, 0.4) is 0 Å². The van der Waals surface area contributed by atoms with Crippen molar-refractivity contribution in [1.82, 2.24) is 25.1 Å². The molecular weight excluding hydrogens is 322 g/mol. The molecule has 0 N–H and O–H groups in total. The Bertz CT molecular complexity index is 811. The van der Waals surface area contributed by atoms with Crippen molar-refractivity contribution in [3.05, 3.63) is 23.0 Å². The maximum Gasteiger partial charge on any atom is 0.231 e. The van der Waals surface area contributed by atoms with Crippen molar-refractivity contribution in [2.75, 3.05) is 27.5 Å². The zero-order valence-electron chi connectivity index (χ0n) is 15.2. The molecule has 1 unspecified atom stereocenters. The normalized spacial score (nSPS) is 19.8. The molecule has 4 rings (SSSR count). The summed E-state index contributed by atoms with van der Waals surface area (Å²) in [7, 11) is 3.75.